The van der Waals surface area contributed by atoms with Crippen molar-refractivity contribution in [3.8, 4) is 0 Å². The average molecular weight is 699 g/mol. The Morgan fingerprint density at radius 2 is 1.30 bits per heavy atom. The number of benzene rings is 4. The summed E-state index contributed by atoms with van der Waals surface area (Å²) in [7, 11) is -4.08. The molecule has 2 unspecified atom stereocenters. The highest BCUT2D eigenvalue weighted by Gasteiger charge is 2.29. The first kappa shape index (κ1) is 37.4. The zero-order chi connectivity index (χ0) is 36.1. The number of sulfonamides is 1. The molecule has 4 aromatic carbocycles. The molecule has 262 valence electrons. The molecule has 4 rings (SSSR count). The smallest absolute Gasteiger partial charge is 0.335 e. The summed E-state index contributed by atoms with van der Waals surface area (Å²) < 4.78 is 29.2. The molecule has 0 heterocycles. The number of nitrogens with two attached hydrogens (primary N) is 2. The molecular weight excluding hydrogens is 657 g/mol. The third-order valence-electron chi connectivity index (χ3n) is 8.06. The number of carbonyl (C=O) groups excluding carboxylic acids is 2. The van der Waals surface area contributed by atoms with E-state index in [0.29, 0.717) is 30.5 Å². The van der Waals surface area contributed by atoms with E-state index in [4.69, 9.17) is 16.9 Å². The van der Waals surface area contributed by atoms with Gasteiger partial charge in [0.2, 0.25) is 21.8 Å². The van der Waals surface area contributed by atoms with Gasteiger partial charge in [0.25, 0.3) is 0 Å². The summed E-state index contributed by atoms with van der Waals surface area (Å²) in [5, 5.41) is 22.4. The van der Waals surface area contributed by atoms with Gasteiger partial charge in [0.1, 0.15) is 17.9 Å². The van der Waals surface area contributed by atoms with Crippen molar-refractivity contribution in [2.45, 2.75) is 56.6 Å². The van der Waals surface area contributed by atoms with E-state index in [2.05, 4.69) is 15.4 Å². The van der Waals surface area contributed by atoms with Crippen LogP contribution in [0.15, 0.2) is 103 Å². The summed E-state index contributed by atoms with van der Waals surface area (Å²) in [4.78, 5) is 38.7. The molecule has 0 fully saturated rings. The monoisotopic (exact) mass is 698 g/mol. The van der Waals surface area contributed by atoms with E-state index in [1.54, 1.807) is 24.3 Å². The molecule has 0 saturated heterocycles. The number of carboxylic acids is 1. The number of rotatable bonds is 18. The minimum absolute atomic E-state index is 0.0207. The van der Waals surface area contributed by atoms with Crippen LogP contribution in [0.5, 0.6) is 0 Å². The quantitative estimate of drug-likeness (QED) is 0.0604. The van der Waals surface area contributed by atoms with Crippen molar-refractivity contribution >= 4 is 33.6 Å². The van der Waals surface area contributed by atoms with E-state index in [9.17, 15) is 27.9 Å². The number of hydrogen-bond donors (Lipinski definition) is 7. The van der Waals surface area contributed by atoms with E-state index >= 15 is 0 Å². The molecule has 0 aliphatic carbocycles. The van der Waals surface area contributed by atoms with Crippen molar-refractivity contribution in [1.82, 2.24) is 15.4 Å². The first-order chi connectivity index (χ1) is 23.9. The molecule has 2 atom stereocenters. The van der Waals surface area contributed by atoms with Crippen LogP contribution >= 0.6 is 0 Å². The van der Waals surface area contributed by atoms with Crippen molar-refractivity contribution in [2.24, 2.45) is 11.5 Å². The summed E-state index contributed by atoms with van der Waals surface area (Å²) >= 11 is 0. The number of aromatic carboxylic acids is 1. The maximum Gasteiger partial charge on any atom is 0.335 e. The van der Waals surface area contributed by atoms with Crippen molar-refractivity contribution in [1.29, 1.82) is 5.41 Å². The lowest BCUT2D eigenvalue weighted by molar-refractivity contribution is -0.130. The van der Waals surface area contributed by atoms with Gasteiger partial charge >= 0.3 is 5.97 Å². The number of amides is 2. The van der Waals surface area contributed by atoms with Crippen molar-refractivity contribution in [2.75, 3.05) is 0 Å². The summed E-state index contributed by atoms with van der Waals surface area (Å²) in [6.45, 7) is 0.487. The molecule has 0 aliphatic rings. The summed E-state index contributed by atoms with van der Waals surface area (Å²) in [5.74, 6) is -2.81. The van der Waals surface area contributed by atoms with Crippen LogP contribution in [-0.4, -0.2) is 49.2 Å². The molecule has 50 heavy (non-hydrogen) atoms. The molecule has 12 nitrogen and oxygen atoms in total. The fourth-order valence-electron chi connectivity index (χ4n) is 5.26. The number of carbonyl (C=O) groups is 3. The number of aryl methyl sites for hydroxylation is 1. The predicted octanol–water partition coefficient (Wildman–Crippen LogP) is 2.98. The van der Waals surface area contributed by atoms with E-state index in [1.807, 2.05) is 54.6 Å². The van der Waals surface area contributed by atoms with Crippen molar-refractivity contribution in [3.05, 3.63) is 142 Å². The van der Waals surface area contributed by atoms with Gasteiger partial charge in [-0.2, -0.15) is 0 Å². The normalized spacial score (nSPS) is 12.4. The number of nitrogen functional groups attached to an aromatic ring is 1. The minimum Gasteiger partial charge on any atom is -0.478 e. The number of amidine groups is 1. The summed E-state index contributed by atoms with van der Waals surface area (Å²) in [6.07, 6.45) is 1.36. The molecule has 13 heteroatoms. The molecule has 0 aromatic heterocycles. The van der Waals surface area contributed by atoms with Gasteiger partial charge in [-0.1, -0.05) is 91.0 Å². The second-order valence-corrected chi connectivity index (χ2v) is 13.7. The topological polar surface area (TPSA) is 218 Å². The standard InChI is InChI=1S/C37H42N6O6S/c38-22-27-11-9-26(10-12-27)21-33(35(44)41-23-28-13-17-30(18-14-28)34(39)40)42-36(45)32(8-4-7-25-5-2-1-3-6-25)43-50(48,49)24-29-15-19-31(20-16-29)37(46)47/h1-3,5-6,9-20,32-33,43H,4,7-8,21-24,38H2,(H3,39,40)(H,41,44)(H,42,45)(H,46,47). The zero-order valence-corrected chi connectivity index (χ0v) is 28.3. The van der Waals surface area contributed by atoms with E-state index in [-0.39, 0.29) is 30.8 Å². The molecule has 0 saturated carbocycles. The van der Waals surface area contributed by atoms with Gasteiger partial charge in [0.05, 0.1) is 11.3 Å². The van der Waals surface area contributed by atoms with Gasteiger partial charge < -0.3 is 27.2 Å². The maximum atomic E-state index is 13.9. The SMILES string of the molecule is N=C(N)c1ccc(CNC(=O)C(Cc2ccc(CN)cc2)NC(=O)C(CCCc2ccccc2)NS(=O)(=O)Cc2ccc(C(=O)O)cc2)cc1. The molecule has 0 radical (unpaired) electrons. The van der Waals surface area contributed by atoms with Crippen LogP contribution in [0.1, 0.15) is 56.6 Å². The zero-order valence-electron chi connectivity index (χ0n) is 27.5. The third kappa shape index (κ3) is 11.7. The Kier molecular flexibility index (Phi) is 13.4. The molecule has 9 N–H and O–H groups in total. The fraction of sp³-hybridized carbons (Fsp3) is 0.243. The second-order valence-electron chi connectivity index (χ2n) is 11.9. The van der Waals surface area contributed by atoms with Crippen LogP contribution in [-0.2, 0) is 51.3 Å². The van der Waals surface area contributed by atoms with Crippen LogP contribution in [0.2, 0.25) is 0 Å². The van der Waals surface area contributed by atoms with Crippen molar-refractivity contribution < 1.29 is 27.9 Å². The molecule has 4 aromatic rings. The molecule has 2 amide bonds. The molecule has 0 spiro atoms. The number of hydrogen-bond acceptors (Lipinski definition) is 7. The fourth-order valence-corrected chi connectivity index (χ4v) is 6.64. The first-order valence-corrected chi connectivity index (χ1v) is 17.7. The van der Waals surface area contributed by atoms with E-state index in [0.717, 1.165) is 22.3 Å². The Bertz CT molecular complexity index is 1870. The predicted molar refractivity (Wildman–Crippen MR) is 192 cm³/mol. The maximum absolute atomic E-state index is 13.9. The minimum atomic E-state index is -4.08. The van der Waals surface area contributed by atoms with Gasteiger partial charge in [-0.05, 0) is 59.2 Å². The second kappa shape index (κ2) is 17.9. The van der Waals surface area contributed by atoms with Gasteiger partial charge in [-0.15, -0.1) is 0 Å². The summed E-state index contributed by atoms with van der Waals surface area (Å²) in [5.41, 5.74) is 15.7. The molecular formula is C37H42N6O6S. The Hall–Kier alpha value is -5.37. The average Bonchev–Trinajstić information content (AvgIpc) is 3.10. The Labute approximate surface area is 291 Å². The Morgan fingerprint density at radius 1 is 0.720 bits per heavy atom. The number of nitrogens with one attached hydrogen (secondary N) is 4. The van der Waals surface area contributed by atoms with Crippen LogP contribution in [0.25, 0.3) is 0 Å². The Balaban J connectivity index is 1.53. The number of carboxylic acid groups (broad SMARTS) is 1. The third-order valence-corrected chi connectivity index (χ3v) is 9.42. The lowest BCUT2D eigenvalue weighted by Gasteiger charge is -2.24. The highest BCUT2D eigenvalue weighted by atomic mass is 32.2. The van der Waals surface area contributed by atoms with Gasteiger partial charge in [0.15, 0.2) is 0 Å². The van der Waals surface area contributed by atoms with Crippen molar-refractivity contribution in [3.63, 3.8) is 0 Å². The summed E-state index contributed by atoms with van der Waals surface area (Å²) in [6, 6.07) is 27.0. The highest BCUT2D eigenvalue weighted by Crippen LogP contribution is 2.14. The van der Waals surface area contributed by atoms with E-state index in [1.165, 1.54) is 24.3 Å². The Morgan fingerprint density at radius 3 is 1.90 bits per heavy atom. The first-order valence-electron chi connectivity index (χ1n) is 16.1. The molecule has 0 aliphatic heterocycles. The molecule has 0 bridgehead atoms. The van der Waals surface area contributed by atoms with Crippen LogP contribution in [0.3, 0.4) is 0 Å². The highest BCUT2D eigenvalue weighted by molar-refractivity contribution is 7.88. The van der Waals surface area contributed by atoms with Crippen LogP contribution in [0.4, 0.5) is 0 Å². The van der Waals surface area contributed by atoms with Gasteiger partial charge in [-0.25, -0.2) is 17.9 Å². The van der Waals surface area contributed by atoms with Crippen LogP contribution < -0.4 is 26.8 Å². The lowest BCUT2D eigenvalue weighted by Crippen LogP contribution is -2.54. The largest absolute Gasteiger partial charge is 0.478 e. The lowest BCUT2D eigenvalue weighted by atomic mass is 10.0. The van der Waals surface area contributed by atoms with Crippen LogP contribution in [0, 0.1) is 5.41 Å². The van der Waals surface area contributed by atoms with Gasteiger partial charge in [-0.3, -0.25) is 15.0 Å². The van der Waals surface area contributed by atoms with Gasteiger partial charge in [0, 0.05) is 25.1 Å². The van der Waals surface area contributed by atoms with E-state index < -0.39 is 45.6 Å².